The van der Waals surface area contributed by atoms with Crippen LogP contribution in [0.25, 0.3) is 0 Å². The summed E-state index contributed by atoms with van der Waals surface area (Å²) >= 11 is 0. The van der Waals surface area contributed by atoms with Gasteiger partial charge >= 0.3 is 5.97 Å². The molecule has 4 nitrogen and oxygen atoms in total. The molecule has 1 N–H and O–H groups in total. The predicted molar refractivity (Wildman–Crippen MR) is 58.3 cm³/mol. The highest BCUT2D eigenvalue weighted by molar-refractivity contribution is 5.85. The molecular formula is C12H13NO3. The van der Waals surface area contributed by atoms with Crippen molar-refractivity contribution in [1.29, 1.82) is 0 Å². The molecule has 0 bridgehead atoms. The number of nitrogens with one attached hydrogen (secondary N) is 1. The van der Waals surface area contributed by atoms with Crippen LogP contribution in [0.1, 0.15) is 5.56 Å². The van der Waals surface area contributed by atoms with Gasteiger partial charge in [0.2, 0.25) is 6.29 Å². The molecule has 1 aromatic carbocycles. The fourth-order valence-electron chi connectivity index (χ4n) is 1.51. The lowest BCUT2D eigenvalue weighted by molar-refractivity contribution is -0.155. The third-order valence-electron chi connectivity index (χ3n) is 2.30. The van der Waals surface area contributed by atoms with Gasteiger partial charge in [-0.15, -0.1) is 0 Å². The van der Waals surface area contributed by atoms with Crippen LogP contribution in [0.4, 0.5) is 0 Å². The summed E-state index contributed by atoms with van der Waals surface area (Å²) in [5, 5.41) is 3.12. The number of cyclic esters (lactones) is 1. The van der Waals surface area contributed by atoms with E-state index < -0.39 is 6.29 Å². The summed E-state index contributed by atoms with van der Waals surface area (Å²) in [4.78, 5) is 11.0. The van der Waals surface area contributed by atoms with E-state index in [-0.39, 0.29) is 5.97 Å². The lowest BCUT2D eigenvalue weighted by Gasteiger charge is -2.13. The van der Waals surface area contributed by atoms with Crippen LogP contribution in [0, 0.1) is 0 Å². The van der Waals surface area contributed by atoms with Gasteiger partial charge in [-0.1, -0.05) is 30.3 Å². The Morgan fingerprint density at radius 2 is 2.12 bits per heavy atom. The molecule has 1 atom stereocenters. The fraction of sp³-hybridized carbons (Fsp3) is 0.250. The molecular weight excluding hydrogens is 206 g/mol. The average molecular weight is 219 g/mol. The van der Waals surface area contributed by atoms with Gasteiger partial charge in [0.25, 0.3) is 0 Å². The smallest absolute Gasteiger partial charge is 0.335 e. The molecule has 0 aromatic heterocycles. The Morgan fingerprint density at radius 1 is 1.38 bits per heavy atom. The lowest BCUT2D eigenvalue weighted by Crippen LogP contribution is -2.24. The van der Waals surface area contributed by atoms with E-state index in [1.807, 2.05) is 30.3 Å². The largest absolute Gasteiger partial charge is 0.426 e. The Balaban J connectivity index is 1.95. The first kappa shape index (κ1) is 10.7. The summed E-state index contributed by atoms with van der Waals surface area (Å²) in [6.45, 7) is 0.642. The van der Waals surface area contributed by atoms with Crippen LogP contribution in [0.5, 0.6) is 0 Å². The second kappa shape index (κ2) is 4.81. The standard InChI is InChI=1S/C12H13NO3/c1-15-12-10(7-11(14)16-12)13-8-9-5-3-2-4-6-9/h2-7,12-13H,8H2,1H3. The first-order chi connectivity index (χ1) is 7.79. The van der Waals surface area contributed by atoms with Crippen LogP contribution in [-0.4, -0.2) is 19.4 Å². The zero-order chi connectivity index (χ0) is 11.4. The minimum absolute atomic E-state index is 0.373. The summed E-state index contributed by atoms with van der Waals surface area (Å²) < 4.78 is 9.90. The van der Waals surface area contributed by atoms with Gasteiger partial charge in [0, 0.05) is 19.7 Å². The van der Waals surface area contributed by atoms with Crippen molar-refractivity contribution in [2.45, 2.75) is 12.8 Å². The Bertz CT molecular complexity index is 400. The van der Waals surface area contributed by atoms with Gasteiger partial charge in [-0.25, -0.2) is 4.79 Å². The number of benzene rings is 1. The summed E-state index contributed by atoms with van der Waals surface area (Å²) in [5.41, 5.74) is 1.80. The van der Waals surface area contributed by atoms with Crippen molar-refractivity contribution in [2.75, 3.05) is 7.11 Å². The zero-order valence-corrected chi connectivity index (χ0v) is 8.97. The molecule has 0 aliphatic carbocycles. The van der Waals surface area contributed by atoms with Gasteiger partial charge in [-0.3, -0.25) is 0 Å². The summed E-state index contributed by atoms with van der Waals surface area (Å²) in [6, 6.07) is 9.91. The van der Waals surface area contributed by atoms with Crippen LogP contribution >= 0.6 is 0 Å². The van der Waals surface area contributed by atoms with Gasteiger partial charge in [-0.05, 0) is 5.56 Å². The first-order valence-electron chi connectivity index (χ1n) is 5.02. The quantitative estimate of drug-likeness (QED) is 0.773. The van der Waals surface area contributed by atoms with E-state index >= 15 is 0 Å². The summed E-state index contributed by atoms with van der Waals surface area (Å²) in [6.07, 6.45) is 0.813. The van der Waals surface area contributed by atoms with Gasteiger partial charge < -0.3 is 14.8 Å². The van der Waals surface area contributed by atoms with E-state index in [9.17, 15) is 4.79 Å². The Kier molecular flexibility index (Phi) is 3.22. The molecule has 16 heavy (non-hydrogen) atoms. The van der Waals surface area contributed by atoms with E-state index in [2.05, 4.69) is 5.32 Å². The van der Waals surface area contributed by atoms with Crippen LogP contribution in [-0.2, 0) is 20.8 Å². The van der Waals surface area contributed by atoms with Crippen molar-refractivity contribution in [3.8, 4) is 0 Å². The van der Waals surface area contributed by atoms with Crippen molar-refractivity contribution >= 4 is 5.97 Å². The maximum absolute atomic E-state index is 11.0. The molecule has 0 saturated carbocycles. The maximum Gasteiger partial charge on any atom is 0.335 e. The number of hydrogen-bond acceptors (Lipinski definition) is 4. The molecule has 4 heteroatoms. The van der Waals surface area contributed by atoms with Crippen molar-refractivity contribution in [2.24, 2.45) is 0 Å². The van der Waals surface area contributed by atoms with E-state index in [1.165, 1.54) is 13.2 Å². The summed E-state index contributed by atoms with van der Waals surface area (Å²) in [7, 11) is 1.50. The molecule has 1 unspecified atom stereocenters. The van der Waals surface area contributed by atoms with E-state index in [0.29, 0.717) is 12.2 Å². The second-order valence-corrected chi connectivity index (χ2v) is 3.44. The molecule has 84 valence electrons. The monoisotopic (exact) mass is 219 g/mol. The second-order valence-electron chi connectivity index (χ2n) is 3.44. The average Bonchev–Trinajstić information content (AvgIpc) is 2.68. The summed E-state index contributed by atoms with van der Waals surface area (Å²) in [5.74, 6) is -0.373. The van der Waals surface area contributed by atoms with Crippen LogP contribution < -0.4 is 5.32 Å². The number of rotatable bonds is 4. The minimum atomic E-state index is -0.601. The normalized spacial score (nSPS) is 19.2. The maximum atomic E-state index is 11.0. The third kappa shape index (κ3) is 2.41. The first-order valence-corrected chi connectivity index (χ1v) is 5.02. The number of carbonyl (C=O) groups excluding carboxylic acids is 1. The van der Waals surface area contributed by atoms with Gasteiger partial charge in [0.1, 0.15) is 0 Å². The Hall–Kier alpha value is -1.81. The SMILES string of the molecule is COC1OC(=O)C=C1NCc1ccccc1. The van der Waals surface area contributed by atoms with Crippen molar-refractivity contribution in [3.05, 3.63) is 47.7 Å². The Morgan fingerprint density at radius 3 is 2.81 bits per heavy atom. The van der Waals surface area contributed by atoms with Gasteiger partial charge in [-0.2, -0.15) is 0 Å². The molecule has 0 saturated heterocycles. The van der Waals surface area contributed by atoms with Gasteiger partial charge in [0.05, 0.1) is 5.70 Å². The number of ether oxygens (including phenoxy) is 2. The van der Waals surface area contributed by atoms with Crippen molar-refractivity contribution in [3.63, 3.8) is 0 Å². The molecule has 0 fully saturated rings. The zero-order valence-electron chi connectivity index (χ0n) is 8.97. The highest BCUT2D eigenvalue weighted by Crippen LogP contribution is 2.14. The topological polar surface area (TPSA) is 47.6 Å². The predicted octanol–water partition coefficient (Wildman–Crippen LogP) is 1.19. The van der Waals surface area contributed by atoms with E-state index in [4.69, 9.17) is 9.47 Å². The molecule has 0 spiro atoms. The van der Waals surface area contributed by atoms with Crippen LogP contribution in [0.3, 0.4) is 0 Å². The molecule has 0 radical (unpaired) electrons. The third-order valence-corrected chi connectivity index (χ3v) is 2.30. The highest BCUT2D eigenvalue weighted by Gasteiger charge is 2.25. The number of methoxy groups -OCH3 is 1. The van der Waals surface area contributed by atoms with Crippen molar-refractivity contribution < 1.29 is 14.3 Å². The molecule has 0 amide bonds. The molecule has 1 aliphatic heterocycles. The van der Waals surface area contributed by atoms with Gasteiger partial charge in [0.15, 0.2) is 0 Å². The fourth-order valence-corrected chi connectivity index (χ4v) is 1.51. The molecule has 2 rings (SSSR count). The van der Waals surface area contributed by atoms with Crippen LogP contribution in [0.15, 0.2) is 42.1 Å². The lowest BCUT2D eigenvalue weighted by atomic mass is 10.2. The Labute approximate surface area is 93.9 Å². The minimum Gasteiger partial charge on any atom is -0.426 e. The number of hydrogen-bond donors (Lipinski definition) is 1. The van der Waals surface area contributed by atoms with E-state index in [0.717, 1.165) is 5.56 Å². The van der Waals surface area contributed by atoms with Crippen LogP contribution in [0.2, 0.25) is 0 Å². The molecule has 1 aromatic rings. The number of esters is 1. The van der Waals surface area contributed by atoms with Crippen molar-refractivity contribution in [1.82, 2.24) is 5.32 Å². The van der Waals surface area contributed by atoms with E-state index in [1.54, 1.807) is 0 Å². The number of carbonyl (C=O) groups is 1. The molecule has 1 aliphatic rings. The highest BCUT2D eigenvalue weighted by atomic mass is 16.7. The molecule has 1 heterocycles.